The van der Waals surface area contributed by atoms with Crippen LogP contribution in [0.1, 0.15) is 17.3 Å². The first-order chi connectivity index (χ1) is 14.0. The molecule has 2 aromatic carbocycles. The smallest absolute Gasteiger partial charge is 0.253 e. The quantitative estimate of drug-likeness (QED) is 0.643. The van der Waals surface area contributed by atoms with Crippen molar-refractivity contribution < 1.29 is 9.53 Å². The van der Waals surface area contributed by atoms with Gasteiger partial charge in [0.15, 0.2) is 0 Å². The van der Waals surface area contributed by atoms with E-state index >= 15 is 0 Å². The molecule has 0 aliphatic carbocycles. The van der Waals surface area contributed by atoms with Crippen LogP contribution in [0.5, 0.6) is 5.75 Å². The van der Waals surface area contributed by atoms with Crippen molar-refractivity contribution in [3.8, 4) is 17.0 Å². The van der Waals surface area contributed by atoms with Crippen LogP contribution in [0.15, 0.2) is 48.5 Å². The molecule has 1 fully saturated rings. The van der Waals surface area contributed by atoms with E-state index in [1.165, 1.54) is 0 Å². The lowest BCUT2D eigenvalue weighted by molar-refractivity contribution is 0.0664. The van der Waals surface area contributed by atoms with Crippen LogP contribution in [0, 0.1) is 0 Å². The van der Waals surface area contributed by atoms with Gasteiger partial charge in [-0.1, -0.05) is 23.7 Å². The van der Waals surface area contributed by atoms with Gasteiger partial charge in [-0.3, -0.25) is 4.79 Å². The van der Waals surface area contributed by atoms with Crippen molar-refractivity contribution in [2.24, 2.45) is 0 Å². The largest absolute Gasteiger partial charge is 0.493 e. The highest BCUT2D eigenvalue weighted by Gasteiger charge is 2.21. The summed E-state index contributed by atoms with van der Waals surface area (Å²) in [6.07, 6.45) is 0. The molecule has 2 heterocycles. The summed E-state index contributed by atoms with van der Waals surface area (Å²) < 4.78 is 5.90. The van der Waals surface area contributed by atoms with Gasteiger partial charge in [-0.05, 0) is 44.3 Å². The molecule has 1 saturated heterocycles. The van der Waals surface area contributed by atoms with Crippen molar-refractivity contribution in [2.75, 3.05) is 39.8 Å². The molecule has 150 valence electrons. The van der Waals surface area contributed by atoms with Crippen molar-refractivity contribution in [1.29, 1.82) is 0 Å². The zero-order valence-corrected chi connectivity index (χ0v) is 17.4. The molecule has 1 aliphatic rings. The van der Waals surface area contributed by atoms with Gasteiger partial charge in [-0.15, -0.1) is 0 Å². The zero-order chi connectivity index (χ0) is 20.4. The first-order valence-corrected chi connectivity index (χ1v) is 10.2. The number of piperazine rings is 1. The van der Waals surface area contributed by atoms with Gasteiger partial charge in [0.05, 0.1) is 17.8 Å². The Bertz CT molecular complexity index is 1050. The topological polar surface area (TPSA) is 45.7 Å². The lowest BCUT2D eigenvalue weighted by Crippen LogP contribution is -2.47. The summed E-state index contributed by atoms with van der Waals surface area (Å²) >= 11 is 6.15. The van der Waals surface area contributed by atoms with Crippen LogP contribution in [-0.2, 0) is 0 Å². The third-order valence-corrected chi connectivity index (χ3v) is 5.46. The van der Waals surface area contributed by atoms with E-state index in [1.54, 1.807) is 0 Å². The third-order valence-electron chi connectivity index (χ3n) is 5.23. The number of benzene rings is 2. The molecule has 0 atom stereocenters. The molecule has 3 aromatic rings. The van der Waals surface area contributed by atoms with Gasteiger partial charge in [0.2, 0.25) is 0 Å². The molecule has 1 aliphatic heterocycles. The average molecular weight is 410 g/mol. The van der Waals surface area contributed by atoms with Gasteiger partial charge in [0.25, 0.3) is 5.91 Å². The Morgan fingerprint density at radius 1 is 1.10 bits per heavy atom. The molecule has 0 saturated carbocycles. The molecule has 6 heteroatoms. The Labute approximate surface area is 175 Å². The summed E-state index contributed by atoms with van der Waals surface area (Å²) in [5, 5.41) is 1.51. The number of fused-ring (bicyclic) bond motifs is 1. The van der Waals surface area contributed by atoms with Crippen molar-refractivity contribution in [3.63, 3.8) is 0 Å². The van der Waals surface area contributed by atoms with Gasteiger partial charge < -0.3 is 14.5 Å². The summed E-state index contributed by atoms with van der Waals surface area (Å²) in [4.78, 5) is 21.9. The van der Waals surface area contributed by atoms with E-state index in [1.807, 2.05) is 60.4 Å². The predicted octanol–water partition coefficient (Wildman–Crippen LogP) is 4.34. The van der Waals surface area contributed by atoms with E-state index in [0.29, 0.717) is 17.2 Å². The molecule has 1 aromatic heterocycles. The van der Waals surface area contributed by atoms with E-state index in [2.05, 4.69) is 11.9 Å². The number of carbonyl (C=O) groups excluding carboxylic acids is 1. The van der Waals surface area contributed by atoms with Crippen molar-refractivity contribution >= 4 is 28.4 Å². The highest BCUT2D eigenvalue weighted by atomic mass is 35.5. The van der Waals surface area contributed by atoms with Crippen molar-refractivity contribution in [3.05, 3.63) is 59.1 Å². The maximum Gasteiger partial charge on any atom is 0.253 e. The van der Waals surface area contributed by atoms with Gasteiger partial charge in [-0.25, -0.2) is 4.98 Å². The molecule has 4 rings (SSSR count). The summed E-state index contributed by atoms with van der Waals surface area (Å²) in [5.41, 5.74) is 3.18. The number of carbonyl (C=O) groups is 1. The number of hydrogen-bond acceptors (Lipinski definition) is 4. The molecular weight excluding hydrogens is 386 g/mol. The summed E-state index contributed by atoms with van der Waals surface area (Å²) in [5.74, 6) is 0.780. The van der Waals surface area contributed by atoms with Crippen molar-refractivity contribution in [2.45, 2.75) is 6.92 Å². The molecule has 0 spiro atoms. The highest BCUT2D eigenvalue weighted by Crippen LogP contribution is 2.32. The Balaban J connectivity index is 1.73. The Morgan fingerprint density at radius 3 is 2.62 bits per heavy atom. The summed E-state index contributed by atoms with van der Waals surface area (Å²) in [6, 6.07) is 15.2. The average Bonchev–Trinajstić information content (AvgIpc) is 2.73. The van der Waals surface area contributed by atoms with Crippen LogP contribution in [0.4, 0.5) is 0 Å². The molecule has 0 radical (unpaired) electrons. The number of rotatable bonds is 4. The number of hydrogen-bond donors (Lipinski definition) is 0. The number of pyridine rings is 1. The standard InChI is InChI=1S/C23H24ClN3O2/c1-3-29-22-15-21(16-5-4-6-18(24)13-16)25-20-8-7-17(14-19(20)22)23(28)27-11-9-26(2)10-12-27/h4-8,13-15H,3,9-12H2,1-2H3. The second-order valence-corrected chi connectivity index (χ2v) is 7.71. The molecule has 29 heavy (non-hydrogen) atoms. The van der Waals surface area contributed by atoms with Crippen molar-refractivity contribution in [1.82, 2.24) is 14.8 Å². The Morgan fingerprint density at radius 2 is 1.90 bits per heavy atom. The monoisotopic (exact) mass is 409 g/mol. The number of ether oxygens (including phenoxy) is 1. The summed E-state index contributed by atoms with van der Waals surface area (Å²) in [7, 11) is 2.08. The maximum atomic E-state index is 13.0. The minimum Gasteiger partial charge on any atom is -0.493 e. The van der Waals surface area contributed by atoms with Crippen LogP contribution in [0.2, 0.25) is 5.02 Å². The fourth-order valence-corrected chi connectivity index (χ4v) is 3.78. The van der Waals surface area contributed by atoms with Crippen LogP contribution < -0.4 is 4.74 Å². The number of likely N-dealkylation sites (N-methyl/N-ethyl adjacent to an activating group) is 1. The first kappa shape index (κ1) is 19.7. The van der Waals surface area contributed by atoms with Gasteiger partial charge >= 0.3 is 0 Å². The molecule has 5 nitrogen and oxygen atoms in total. The van der Waals surface area contributed by atoms with Crippen LogP contribution in [0.3, 0.4) is 0 Å². The summed E-state index contributed by atoms with van der Waals surface area (Å²) in [6.45, 7) is 5.77. The number of aromatic nitrogens is 1. The molecular formula is C23H24ClN3O2. The second kappa shape index (κ2) is 8.39. The second-order valence-electron chi connectivity index (χ2n) is 7.28. The highest BCUT2D eigenvalue weighted by molar-refractivity contribution is 6.30. The van der Waals surface area contributed by atoms with E-state index in [-0.39, 0.29) is 5.91 Å². The van der Waals surface area contributed by atoms with E-state index in [4.69, 9.17) is 21.3 Å². The predicted molar refractivity (Wildman–Crippen MR) is 117 cm³/mol. The van der Waals surface area contributed by atoms with Crippen LogP contribution >= 0.6 is 11.6 Å². The van der Waals surface area contributed by atoms with Gasteiger partial charge in [0.1, 0.15) is 5.75 Å². The Hall–Kier alpha value is -2.63. The maximum absolute atomic E-state index is 13.0. The third kappa shape index (κ3) is 4.21. The normalized spacial score (nSPS) is 14.9. The number of amides is 1. The lowest BCUT2D eigenvalue weighted by Gasteiger charge is -2.32. The van der Waals surface area contributed by atoms with E-state index in [9.17, 15) is 4.79 Å². The number of halogens is 1. The fraction of sp³-hybridized carbons (Fsp3) is 0.304. The lowest BCUT2D eigenvalue weighted by atomic mass is 10.1. The minimum atomic E-state index is 0.0568. The molecule has 0 unspecified atom stereocenters. The Kier molecular flexibility index (Phi) is 5.69. The minimum absolute atomic E-state index is 0.0568. The van der Waals surface area contributed by atoms with E-state index in [0.717, 1.165) is 54.1 Å². The first-order valence-electron chi connectivity index (χ1n) is 9.86. The zero-order valence-electron chi connectivity index (χ0n) is 16.7. The van der Waals surface area contributed by atoms with Crippen LogP contribution in [-0.4, -0.2) is 60.5 Å². The van der Waals surface area contributed by atoms with Gasteiger partial charge in [-0.2, -0.15) is 0 Å². The van der Waals surface area contributed by atoms with Crippen LogP contribution in [0.25, 0.3) is 22.2 Å². The molecule has 0 N–H and O–H groups in total. The fourth-order valence-electron chi connectivity index (χ4n) is 3.59. The van der Waals surface area contributed by atoms with Gasteiger partial charge in [0, 0.05) is 53.8 Å². The molecule has 0 bridgehead atoms. The van der Waals surface area contributed by atoms with E-state index < -0.39 is 0 Å². The SMILES string of the molecule is CCOc1cc(-c2cccc(Cl)c2)nc2ccc(C(=O)N3CCN(C)CC3)cc12. The number of nitrogens with zero attached hydrogens (tertiary/aromatic N) is 3. The molecule has 1 amide bonds.